The fourth-order valence-electron chi connectivity index (χ4n) is 3.86. The second kappa shape index (κ2) is 12.1. The number of rotatable bonds is 5. The van der Waals surface area contributed by atoms with Gasteiger partial charge in [0.15, 0.2) is 0 Å². The van der Waals surface area contributed by atoms with Crippen LogP contribution in [-0.4, -0.2) is 66.7 Å². The number of benzene rings is 2. The zero-order chi connectivity index (χ0) is 28.2. The zero-order valence-electron chi connectivity index (χ0n) is 22.5. The minimum atomic E-state index is -2.34. The molecule has 2 aromatic carbocycles. The maximum atomic E-state index is 13.2. The molecule has 204 valence electrons. The van der Waals surface area contributed by atoms with E-state index in [1.807, 2.05) is 54.0 Å². The Morgan fingerprint density at radius 1 is 1.03 bits per heavy atom. The number of allylic oxidation sites excluding steroid dienone is 1. The number of thioether (sulfide) groups is 2. The summed E-state index contributed by atoms with van der Waals surface area (Å²) < 4.78 is 3.27. The predicted molar refractivity (Wildman–Crippen MR) is 161 cm³/mol. The first-order chi connectivity index (χ1) is 18.7. The second-order valence-corrected chi connectivity index (χ2v) is 13.7. The summed E-state index contributed by atoms with van der Waals surface area (Å²) in [6.07, 6.45) is 3.65. The first-order valence-electron chi connectivity index (χ1n) is 11.9. The molecule has 0 fully saturated rings. The summed E-state index contributed by atoms with van der Waals surface area (Å²) in [5.74, 6) is 0.225. The SMILES string of the molecule is CSC1=NNC(C)=C(O)N1N/C(=N/n1c(SC)nnc(C)c1=O)[N+](C)=P(C)(c1ccccc1)c1ccccc1. The topological polar surface area (TPSA) is 123 Å². The number of aromatic nitrogens is 3. The van der Waals surface area contributed by atoms with E-state index in [1.165, 1.54) is 33.2 Å². The van der Waals surface area contributed by atoms with Crippen LogP contribution >= 0.6 is 30.6 Å². The summed E-state index contributed by atoms with van der Waals surface area (Å²) in [4.78, 5) is 13.2. The van der Waals surface area contributed by atoms with E-state index >= 15 is 0 Å². The molecule has 2 heterocycles. The maximum Gasteiger partial charge on any atom is 0.433 e. The molecule has 0 aliphatic carbocycles. The van der Waals surface area contributed by atoms with Crippen LogP contribution in [0.15, 0.2) is 92.4 Å². The molecule has 0 saturated carbocycles. The molecular weight excluding hydrogens is 553 g/mol. The molecule has 3 aromatic rings. The molecule has 14 heteroatoms. The van der Waals surface area contributed by atoms with Crippen LogP contribution in [0.1, 0.15) is 12.6 Å². The van der Waals surface area contributed by atoms with E-state index in [2.05, 4.69) is 57.1 Å². The van der Waals surface area contributed by atoms with Crippen LogP contribution < -0.4 is 27.0 Å². The zero-order valence-corrected chi connectivity index (χ0v) is 25.1. The molecule has 11 nitrogen and oxygen atoms in total. The van der Waals surface area contributed by atoms with Gasteiger partial charge in [-0.2, -0.15) is 5.43 Å². The molecule has 4 rings (SSSR count). The quantitative estimate of drug-likeness (QED) is 0.180. The number of hydrazine groups is 1. The van der Waals surface area contributed by atoms with Crippen molar-refractivity contribution in [3.63, 3.8) is 0 Å². The lowest BCUT2D eigenvalue weighted by atomic mass is 10.4. The average molecular weight is 585 g/mol. The Labute approximate surface area is 235 Å². The van der Waals surface area contributed by atoms with Gasteiger partial charge in [0.25, 0.3) is 0 Å². The van der Waals surface area contributed by atoms with Crippen LogP contribution in [-0.2, 0) is 0 Å². The van der Waals surface area contributed by atoms with E-state index < -0.39 is 12.6 Å². The Morgan fingerprint density at radius 3 is 2.15 bits per heavy atom. The molecule has 39 heavy (non-hydrogen) atoms. The van der Waals surface area contributed by atoms with Gasteiger partial charge in [0.05, 0.1) is 19.8 Å². The number of guanidine groups is 1. The molecule has 0 spiro atoms. The van der Waals surface area contributed by atoms with Crippen molar-refractivity contribution in [3.8, 4) is 0 Å². The minimum Gasteiger partial charge on any atom is -0.491 e. The van der Waals surface area contributed by atoms with Gasteiger partial charge < -0.3 is 5.11 Å². The van der Waals surface area contributed by atoms with Gasteiger partial charge in [0.1, 0.15) is 5.69 Å². The van der Waals surface area contributed by atoms with E-state index in [0.717, 1.165) is 10.6 Å². The monoisotopic (exact) mass is 584 g/mol. The Bertz CT molecular complexity index is 1530. The number of aryl methyl sites for hydroxylation is 1. The molecule has 1 aliphatic heterocycles. The average Bonchev–Trinajstić information content (AvgIpc) is 2.97. The van der Waals surface area contributed by atoms with Gasteiger partial charge in [-0.3, -0.25) is 10.2 Å². The smallest absolute Gasteiger partial charge is 0.433 e. The van der Waals surface area contributed by atoms with Crippen LogP contribution in [0.5, 0.6) is 0 Å². The number of nitrogens with zero attached hydrogens (tertiary/aromatic N) is 7. The van der Waals surface area contributed by atoms with Crippen molar-refractivity contribution in [2.24, 2.45) is 10.2 Å². The third kappa shape index (κ3) is 5.61. The Morgan fingerprint density at radius 2 is 1.62 bits per heavy atom. The highest BCUT2D eigenvalue weighted by molar-refractivity contribution is 8.13. The minimum absolute atomic E-state index is 0.0728. The number of hydrogen-bond donors (Lipinski definition) is 3. The number of amidine groups is 1. The molecule has 1 aromatic heterocycles. The van der Waals surface area contributed by atoms with E-state index in [0.29, 0.717) is 22.0 Å². The van der Waals surface area contributed by atoms with Crippen molar-refractivity contribution in [1.29, 1.82) is 0 Å². The lowest BCUT2D eigenvalue weighted by molar-refractivity contribution is -0.355. The molecule has 0 unspecified atom stereocenters. The highest BCUT2D eigenvalue weighted by Gasteiger charge is 2.33. The summed E-state index contributed by atoms with van der Waals surface area (Å²) in [5, 5.41) is 32.7. The number of hydrogen-bond acceptors (Lipinski definition) is 10. The van der Waals surface area contributed by atoms with Gasteiger partial charge in [-0.15, -0.1) is 25.0 Å². The molecule has 0 radical (unpaired) electrons. The number of aliphatic hydroxyl groups is 1. The van der Waals surface area contributed by atoms with Gasteiger partial charge >= 0.3 is 11.5 Å². The summed E-state index contributed by atoms with van der Waals surface area (Å²) in [6.45, 7) is 5.49. The number of aliphatic hydroxyl groups excluding tert-OH is 1. The summed E-state index contributed by atoms with van der Waals surface area (Å²) >= 11 is 2.59. The van der Waals surface area contributed by atoms with Crippen molar-refractivity contribution >= 4 is 52.3 Å². The molecular formula is C25H31N9O2PS2+. The summed E-state index contributed by atoms with van der Waals surface area (Å²) in [7, 11) is -0.417. The third-order valence-corrected chi connectivity index (χ3v) is 11.5. The maximum absolute atomic E-state index is 13.2. The highest BCUT2D eigenvalue weighted by Crippen LogP contribution is 2.42. The van der Waals surface area contributed by atoms with E-state index in [4.69, 9.17) is 5.10 Å². The molecule has 3 N–H and O–H groups in total. The van der Waals surface area contributed by atoms with Crippen molar-refractivity contribution in [2.45, 2.75) is 19.0 Å². The standard InChI is InChI=1S/C25H30N9O2PS2/c1-17-21(35)33(24(38-5)28-26-17)30-23(31-34-22(36)18(2)27-29-25(34)39-6)32(3)37(4,19-13-9-7-10-14-19)20-15-11-8-12-16-20/h7-16H,1-6H3,(H2-,26,27,30,31,35,36)/p+1. The largest absolute Gasteiger partial charge is 0.491 e. The fraction of sp³-hybridized carbons (Fsp3) is 0.240. The Hall–Kier alpha value is -3.54. The Balaban J connectivity index is 2.07. The van der Waals surface area contributed by atoms with E-state index in [9.17, 15) is 9.90 Å². The second-order valence-electron chi connectivity index (χ2n) is 8.57. The lowest BCUT2D eigenvalue weighted by Gasteiger charge is -2.28. The first kappa shape index (κ1) is 28.5. The normalized spacial score (nSPS) is 14.2. The van der Waals surface area contributed by atoms with Gasteiger partial charge in [-0.1, -0.05) is 84.2 Å². The van der Waals surface area contributed by atoms with Gasteiger partial charge in [0.2, 0.25) is 16.2 Å². The molecule has 0 atom stereocenters. The highest BCUT2D eigenvalue weighted by atomic mass is 32.2. The van der Waals surface area contributed by atoms with Crippen LogP contribution in [0.3, 0.4) is 0 Å². The molecule has 0 bridgehead atoms. The van der Waals surface area contributed by atoms with Crippen LogP contribution in [0.4, 0.5) is 0 Å². The summed E-state index contributed by atoms with van der Waals surface area (Å²) in [6, 6.07) is 20.4. The number of hydrazone groups is 1. The van der Waals surface area contributed by atoms with Crippen molar-refractivity contribution in [1.82, 2.24) is 30.7 Å². The lowest BCUT2D eigenvalue weighted by Crippen LogP contribution is -2.51. The number of nitrogens with one attached hydrogen (secondary N) is 2. The first-order valence-corrected chi connectivity index (χ1v) is 16.5. The van der Waals surface area contributed by atoms with Gasteiger partial charge in [0, 0.05) is 15.7 Å². The van der Waals surface area contributed by atoms with Crippen molar-refractivity contribution in [3.05, 3.63) is 88.3 Å². The Kier molecular flexibility index (Phi) is 8.83. The predicted octanol–water partition coefficient (Wildman–Crippen LogP) is 2.70. The van der Waals surface area contributed by atoms with Gasteiger partial charge in [-0.05, 0) is 33.0 Å². The third-order valence-electron chi connectivity index (χ3n) is 6.22. The van der Waals surface area contributed by atoms with E-state index in [1.54, 1.807) is 20.1 Å². The van der Waals surface area contributed by atoms with Crippen LogP contribution in [0, 0.1) is 6.92 Å². The molecule has 0 saturated heterocycles. The summed E-state index contributed by atoms with van der Waals surface area (Å²) in [5.41, 5.74) is 6.35. The van der Waals surface area contributed by atoms with Gasteiger partial charge in [-0.25, -0.2) is 4.33 Å². The van der Waals surface area contributed by atoms with E-state index in [-0.39, 0.29) is 11.6 Å². The van der Waals surface area contributed by atoms with Crippen molar-refractivity contribution in [2.75, 3.05) is 26.2 Å². The molecule has 1 aliphatic rings. The van der Waals surface area contributed by atoms with Crippen LogP contribution in [0.2, 0.25) is 0 Å². The van der Waals surface area contributed by atoms with Crippen molar-refractivity contribution < 1.29 is 9.43 Å². The van der Waals surface area contributed by atoms with Crippen LogP contribution in [0.25, 0.3) is 0 Å². The fourth-order valence-corrected chi connectivity index (χ4v) is 7.69. The molecule has 0 amide bonds.